The van der Waals surface area contributed by atoms with E-state index in [1.54, 1.807) is 7.05 Å². The van der Waals surface area contributed by atoms with Gasteiger partial charge in [0, 0.05) is 12.6 Å². The number of hydrogen-bond donors (Lipinski definition) is 2. The van der Waals surface area contributed by atoms with Gasteiger partial charge in [-0.2, -0.15) is 0 Å². The van der Waals surface area contributed by atoms with Gasteiger partial charge in [-0.25, -0.2) is 10.2 Å². The van der Waals surface area contributed by atoms with Crippen molar-refractivity contribution in [2.75, 3.05) is 12.1 Å². The van der Waals surface area contributed by atoms with Crippen LogP contribution in [0.2, 0.25) is 0 Å². The second kappa shape index (κ2) is 4.21. The quantitative estimate of drug-likeness (QED) is 0.565. The topological polar surface area (TPSA) is 49.5 Å². The second-order valence-corrected chi connectivity index (χ2v) is 2.97. The summed E-state index contributed by atoms with van der Waals surface area (Å²) in [6, 6.07) is 2.59. The molecule has 0 aliphatic carbocycles. The molecule has 0 saturated carbocycles. The molecule has 3 N–H and O–H groups in total. The maximum atomic E-state index is 13.1. The first-order valence-corrected chi connectivity index (χ1v) is 4.14. The Morgan fingerprint density at radius 3 is 2.71 bits per heavy atom. The van der Waals surface area contributed by atoms with E-state index < -0.39 is 5.82 Å². The third kappa shape index (κ3) is 1.92. The maximum absolute atomic E-state index is 13.1. The van der Waals surface area contributed by atoms with Crippen molar-refractivity contribution in [3.05, 3.63) is 35.7 Å². The molecule has 76 valence electrons. The van der Waals surface area contributed by atoms with Crippen LogP contribution in [0, 0.1) is 5.82 Å². The zero-order chi connectivity index (χ0) is 10.7. The molecule has 0 amide bonds. The Bertz CT molecular complexity index is 350. The molecule has 0 bridgehead atoms. The molecule has 0 fully saturated rings. The van der Waals surface area contributed by atoms with Gasteiger partial charge in [0.05, 0.1) is 12.3 Å². The molecule has 1 aromatic carbocycles. The molecule has 0 radical (unpaired) electrons. The lowest BCUT2D eigenvalue weighted by Gasteiger charge is -2.17. The average Bonchev–Trinajstić information content (AvgIpc) is 2.16. The molecule has 1 aromatic rings. The highest BCUT2D eigenvalue weighted by Gasteiger charge is 2.10. The van der Waals surface area contributed by atoms with Gasteiger partial charge in [-0.3, -0.25) is 0 Å². The predicted molar refractivity (Wildman–Crippen MR) is 55.0 cm³/mol. The minimum Gasteiger partial charge on any atom is -0.392 e. The number of anilines is 1. The number of halogens is 1. The third-order valence-corrected chi connectivity index (χ3v) is 1.98. The Balaban J connectivity index is 3.39. The Kier molecular flexibility index (Phi) is 3.22. The highest BCUT2D eigenvalue weighted by molar-refractivity contribution is 5.64. The molecule has 0 aromatic heterocycles. The number of aliphatic hydroxyl groups is 1. The van der Waals surface area contributed by atoms with E-state index in [2.05, 4.69) is 6.58 Å². The Morgan fingerprint density at radius 2 is 2.29 bits per heavy atom. The molecule has 4 heteroatoms. The minimum atomic E-state index is -0.399. The lowest BCUT2D eigenvalue weighted by molar-refractivity contribution is 0.281. The van der Waals surface area contributed by atoms with Gasteiger partial charge in [0.25, 0.3) is 0 Å². The smallest absolute Gasteiger partial charge is 0.125 e. The van der Waals surface area contributed by atoms with Crippen molar-refractivity contribution in [3.63, 3.8) is 0 Å². The summed E-state index contributed by atoms with van der Waals surface area (Å²) in [6.07, 6.45) is 1.49. The highest BCUT2D eigenvalue weighted by atomic mass is 19.1. The largest absolute Gasteiger partial charge is 0.392 e. The van der Waals surface area contributed by atoms with Crippen LogP contribution in [-0.4, -0.2) is 12.2 Å². The summed E-state index contributed by atoms with van der Waals surface area (Å²) in [5.41, 5.74) is 1.59. The first kappa shape index (κ1) is 10.7. The number of nitrogens with zero attached hydrogens (tertiary/aromatic N) is 1. The van der Waals surface area contributed by atoms with Gasteiger partial charge in [0.2, 0.25) is 0 Å². The van der Waals surface area contributed by atoms with Crippen LogP contribution in [0.4, 0.5) is 10.1 Å². The van der Waals surface area contributed by atoms with Crippen LogP contribution in [0.3, 0.4) is 0 Å². The highest BCUT2D eigenvalue weighted by Crippen LogP contribution is 2.24. The van der Waals surface area contributed by atoms with Crippen molar-refractivity contribution in [2.45, 2.75) is 6.61 Å². The van der Waals surface area contributed by atoms with E-state index in [4.69, 9.17) is 10.9 Å². The average molecular weight is 196 g/mol. The second-order valence-electron chi connectivity index (χ2n) is 2.97. The van der Waals surface area contributed by atoms with Gasteiger partial charge < -0.3 is 10.1 Å². The maximum Gasteiger partial charge on any atom is 0.125 e. The molecule has 0 aliphatic rings. The molecule has 0 aliphatic heterocycles. The first-order chi connectivity index (χ1) is 6.60. The molecule has 1 rings (SSSR count). The number of rotatable bonds is 3. The molecule has 0 heterocycles. The fraction of sp³-hybridized carbons (Fsp3) is 0.200. The monoisotopic (exact) mass is 196 g/mol. The van der Waals surface area contributed by atoms with Crippen molar-refractivity contribution in [1.82, 2.24) is 0 Å². The number of hydrogen-bond acceptors (Lipinski definition) is 3. The van der Waals surface area contributed by atoms with Crippen LogP contribution in [0.25, 0.3) is 6.08 Å². The molecular weight excluding hydrogens is 183 g/mol. The van der Waals surface area contributed by atoms with Crippen molar-refractivity contribution in [2.24, 2.45) is 5.84 Å². The van der Waals surface area contributed by atoms with Gasteiger partial charge in [-0.05, 0) is 17.7 Å². The summed E-state index contributed by atoms with van der Waals surface area (Å²) >= 11 is 0. The number of aliphatic hydroxyl groups excluding tert-OH is 1. The summed E-state index contributed by atoms with van der Waals surface area (Å²) in [5.74, 6) is 5.11. The first-order valence-electron chi connectivity index (χ1n) is 4.14. The summed E-state index contributed by atoms with van der Waals surface area (Å²) in [4.78, 5) is 0. The standard InChI is InChI=1S/C10H13FN2O/c1-3-7-4-8(11)5-10(13(2)12)9(7)6-14/h3-5,14H,1,6,12H2,2H3. The van der Waals surface area contributed by atoms with Gasteiger partial charge >= 0.3 is 0 Å². The van der Waals surface area contributed by atoms with Crippen molar-refractivity contribution in [3.8, 4) is 0 Å². The van der Waals surface area contributed by atoms with Gasteiger partial charge in [-0.1, -0.05) is 12.7 Å². The van der Waals surface area contributed by atoms with Gasteiger partial charge in [0.15, 0.2) is 0 Å². The molecule has 0 spiro atoms. The van der Waals surface area contributed by atoms with E-state index in [1.807, 2.05) is 0 Å². The fourth-order valence-electron chi connectivity index (χ4n) is 1.31. The minimum absolute atomic E-state index is 0.196. The lowest BCUT2D eigenvalue weighted by atomic mass is 10.1. The third-order valence-electron chi connectivity index (χ3n) is 1.98. The molecule has 0 atom stereocenters. The molecule has 3 nitrogen and oxygen atoms in total. The van der Waals surface area contributed by atoms with Crippen LogP contribution in [0.1, 0.15) is 11.1 Å². The molecule has 14 heavy (non-hydrogen) atoms. The summed E-state index contributed by atoms with van der Waals surface area (Å²) < 4.78 is 13.1. The molecule has 0 unspecified atom stereocenters. The van der Waals surface area contributed by atoms with E-state index in [0.717, 1.165) is 0 Å². The Morgan fingerprint density at radius 1 is 1.64 bits per heavy atom. The summed E-state index contributed by atoms with van der Waals surface area (Å²) in [6.45, 7) is 3.35. The van der Waals surface area contributed by atoms with Crippen molar-refractivity contribution in [1.29, 1.82) is 0 Å². The zero-order valence-corrected chi connectivity index (χ0v) is 8.00. The fourth-order valence-corrected chi connectivity index (χ4v) is 1.31. The number of nitrogens with two attached hydrogens (primary N) is 1. The Hall–Kier alpha value is -1.39. The predicted octanol–water partition coefficient (Wildman–Crippen LogP) is 1.27. The van der Waals surface area contributed by atoms with Crippen LogP contribution in [-0.2, 0) is 6.61 Å². The summed E-state index contributed by atoms with van der Waals surface area (Å²) in [7, 11) is 1.58. The molecular formula is C10H13FN2O. The van der Waals surface area contributed by atoms with Crippen molar-refractivity contribution < 1.29 is 9.50 Å². The molecule has 0 saturated heterocycles. The van der Waals surface area contributed by atoms with E-state index in [1.165, 1.54) is 23.2 Å². The number of benzene rings is 1. The lowest BCUT2D eigenvalue weighted by Crippen LogP contribution is -2.26. The number of hydrazine groups is 1. The Labute approximate surface area is 82.2 Å². The van der Waals surface area contributed by atoms with Gasteiger partial charge in [0.1, 0.15) is 5.82 Å². The van der Waals surface area contributed by atoms with E-state index >= 15 is 0 Å². The van der Waals surface area contributed by atoms with E-state index in [0.29, 0.717) is 16.8 Å². The van der Waals surface area contributed by atoms with E-state index in [9.17, 15) is 4.39 Å². The summed E-state index contributed by atoms with van der Waals surface area (Å²) in [5, 5.41) is 10.4. The van der Waals surface area contributed by atoms with E-state index in [-0.39, 0.29) is 6.61 Å². The van der Waals surface area contributed by atoms with Crippen LogP contribution in [0.15, 0.2) is 18.7 Å². The zero-order valence-electron chi connectivity index (χ0n) is 8.00. The van der Waals surface area contributed by atoms with Crippen molar-refractivity contribution >= 4 is 11.8 Å². The normalized spacial score (nSPS) is 10.0. The van der Waals surface area contributed by atoms with Crippen LogP contribution < -0.4 is 10.9 Å². The van der Waals surface area contributed by atoms with Crippen LogP contribution in [0.5, 0.6) is 0 Å². The SMILES string of the molecule is C=Cc1cc(F)cc(N(C)N)c1CO. The van der Waals surface area contributed by atoms with Crippen LogP contribution >= 0.6 is 0 Å². The van der Waals surface area contributed by atoms with Gasteiger partial charge in [-0.15, -0.1) is 0 Å².